The van der Waals surface area contributed by atoms with E-state index in [2.05, 4.69) is 0 Å². The molecule has 0 aromatic rings. The first kappa shape index (κ1) is 6.04. The van der Waals surface area contributed by atoms with E-state index in [0.717, 1.165) is 23.7 Å². The third kappa shape index (κ3) is 0.608. The number of carbonyl (C=O) groups is 1. The van der Waals surface area contributed by atoms with Crippen molar-refractivity contribution in [3.05, 3.63) is 0 Å². The average molecular weight is 152 g/mol. The molecule has 5 atom stereocenters. The highest BCUT2D eigenvalue weighted by molar-refractivity contribution is 5.66. The van der Waals surface area contributed by atoms with E-state index in [1.165, 1.54) is 19.8 Å². The summed E-state index contributed by atoms with van der Waals surface area (Å²) in [5.41, 5.74) is 0. The molecule has 0 amide bonds. The maximum absolute atomic E-state index is 10.7. The van der Waals surface area contributed by atoms with Crippen molar-refractivity contribution < 1.29 is 9.53 Å². The lowest BCUT2D eigenvalue weighted by Crippen LogP contribution is -2.19. The second kappa shape index (κ2) is 1.62. The van der Waals surface area contributed by atoms with Gasteiger partial charge in [-0.05, 0) is 30.6 Å². The third-order valence-corrected chi connectivity index (χ3v) is 3.69. The van der Waals surface area contributed by atoms with Gasteiger partial charge in [0.2, 0.25) is 0 Å². The zero-order valence-corrected chi connectivity index (χ0v) is 6.62. The van der Waals surface area contributed by atoms with Crippen LogP contribution < -0.4 is 0 Å². The first-order valence-corrected chi connectivity index (χ1v) is 4.44. The highest BCUT2D eigenvalue weighted by atomic mass is 16.5. The van der Waals surface area contributed by atoms with Crippen molar-refractivity contribution in [3.8, 4) is 0 Å². The summed E-state index contributed by atoms with van der Waals surface area (Å²) >= 11 is 0. The summed E-state index contributed by atoms with van der Waals surface area (Å²) in [6.07, 6.45) is 3.00. The van der Waals surface area contributed by atoms with Crippen molar-refractivity contribution in [2.45, 2.75) is 25.9 Å². The highest BCUT2D eigenvalue weighted by Gasteiger charge is 2.69. The van der Waals surface area contributed by atoms with Crippen LogP contribution in [0, 0.1) is 23.7 Å². The predicted octanol–water partition coefficient (Wildman–Crippen LogP) is 1.20. The molecule has 0 spiro atoms. The van der Waals surface area contributed by atoms with Crippen molar-refractivity contribution in [1.82, 2.24) is 0 Å². The summed E-state index contributed by atoms with van der Waals surface area (Å²) in [5, 5.41) is 0. The molecule has 0 aliphatic heterocycles. The van der Waals surface area contributed by atoms with E-state index in [-0.39, 0.29) is 5.97 Å². The molecule has 0 saturated heterocycles. The van der Waals surface area contributed by atoms with Crippen LogP contribution in [0.4, 0.5) is 0 Å². The van der Waals surface area contributed by atoms with Crippen LogP contribution in [-0.4, -0.2) is 12.1 Å². The Balaban J connectivity index is 1.77. The summed E-state index contributed by atoms with van der Waals surface area (Å²) in [6.45, 7) is 1.52. The van der Waals surface area contributed by atoms with Gasteiger partial charge in [-0.1, -0.05) is 0 Å². The number of hydrogen-bond donors (Lipinski definition) is 0. The Labute approximate surface area is 65.9 Å². The van der Waals surface area contributed by atoms with E-state index in [1.807, 2.05) is 0 Å². The van der Waals surface area contributed by atoms with Gasteiger partial charge in [0.25, 0.3) is 0 Å². The fourth-order valence-corrected chi connectivity index (χ4v) is 3.37. The minimum absolute atomic E-state index is 0.0896. The van der Waals surface area contributed by atoms with Gasteiger partial charge < -0.3 is 4.74 Å². The van der Waals surface area contributed by atoms with E-state index in [4.69, 9.17) is 4.74 Å². The summed E-state index contributed by atoms with van der Waals surface area (Å²) in [7, 11) is 0. The van der Waals surface area contributed by atoms with Crippen molar-refractivity contribution in [1.29, 1.82) is 0 Å². The lowest BCUT2D eigenvalue weighted by Gasteiger charge is -2.13. The van der Waals surface area contributed by atoms with Gasteiger partial charge >= 0.3 is 5.97 Å². The Morgan fingerprint density at radius 1 is 1.36 bits per heavy atom. The molecular formula is C9H12O2. The normalized spacial score (nSPS) is 56.3. The monoisotopic (exact) mass is 152 g/mol. The Bertz CT molecular complexity index is 210. The molecule has 0 N–H and O–H groups in total. The van der Waals surface area contributed by atoms with Crippen molar-refractivity contribution in [3.63, 3.8) is 0 Å². The van der Waals surface area contributed by atoms with E-state index >= 15 is 0 Å². The molecule has 4 saturated carbocycles. The van der Waals surface area contributed by atoms with Crippen LogP contribution in [0.25, 0.3) is 0 Å². The Morgan fingerprint density at radius 2 is 2.00 bits per heavy atom. The largest absolute Gasteiger partial charge is 0.462 e. The van der Waals surface area contributed by atoms with E-state index in [9.17, 15) is 4.79 Å². The van der Waals surface area contributed by atoms with Gasteiger partial charge in [0, 0.05) is 12.8 Å². The topological polar surface area (TPSA) is 26.3 Å². The van der Waals surface area contributed by atoms with Crippen LogP contribution >= 0.6 is 0 Å². The number of ether oxygens (including phenoxy) is 1. The van der Waals surface area contributed by atoms with Gasteiger partial charge in [-0.25, -0.2) is 0 Å². The van der Waals surface area contributed by atoms with Gasteiger partial charge in [0.1, 0.15) is 6.10 Å². The SMILES string of the molecule is CC(=O)O[C@H]1C2C[C@@H]3C1[C@@H]3C2. The van der Waals surface area contributed by atoms with E-state index in [1.54, 1.807) is 0 Å². The highest BCUT2D eigenvalue weighted by Crippen LogP contribution is 2.71. The zero-order valence-electron chi connectivity index (χ0n) is 6.62. The molecule has 4 rings (SSSR count). The molecule has 2 heteroatoms. The number of rotatable bonds is 1. The molecule has 4 bridgehead atoms. The van der Waals surface area contributed by atoms with Crippen LogP contribution in [0.1, 0.15) is 19.8 Å². The van der Waals surface area contributed by atoms with Crippen LogP contribution in [-0.2, 0) is 9.53 Å². The second-order valence-electron chi connectivity index (χ2n) is 4.21. The molecule has 2 nitrogen and oxygen atoms in total. The lowest BCUT2D eigenvalue weighted by molar-refractivity contribution is -0.148. The number of hydrogen-bond acceptors (Lipinski definition) is 2. The molecule has 4 aliphatic carbocycles. The maximum atomic E-state index is 10.7. The van der Waals surface area contributed by atoms with Crippen LogP contribution in [0.15, 0.2) is 0 Å². The zero-order chi connectivity index (χ0) is 7.59. The summed E-state index contributed by atoms with van der Waals surface area (Å²) in [5.74, 6) is 3.32. The van der Waals surface area contributed by atoms with Gasteiger partial charge in [-0.2, -0.15) is 0 Å². The maximum Gasteiger partial charge on any atom is 0.302 e. The van der Waals surface area contributed by atoms with Crippen molar-refractivity contribution in [2.75, 3.05) is 0 Å². The first-order valence-electron chi connectivity index (χ1n) is 4.44. The quantitative estimate of drug-likeness (QED) is 0.528. The Hall–Kier alpha value is -0.530. The van der Waals surface area contributed by atoms with Gasteiger partial charge in [-0.15, -0.1) is 0 Å². The predicted molar refractivity (Wildman–Crippen MR) is 38.7 cm³/mol. The summed E-state index contributed by atoms with van der Waals surface area (Å²) in [4.78, 5) is 10.7. The molecule has 0 radical (unpaired) electrons. The summed E-state index contributed by atoms with van der Waals surface area (Å²) < 4.78 is 5.28. The van der Waals surface area contributed by atoms with E-state index in [0.29, 0.717) is 6.10 Å². The summed E-state index contributed by atoms with van der Waals surface area (Å²) in [6, 6.07) is 0. The average Bonchev–Trinajstić information content (AvgIpc) is 2.30. The minimum atomic E-state index is -0.0896. The van der Waals surface area contributed by atoms with E-state index < -0.39 is 0 Å². The number of esters is 1. The van der Waals surface area contributed by atoms with Crippen LogP contribution in [0.3, 0.4) is 0 Å². The van der Waals surface area contributed by atoms with Gasteiger partial charge in [-0.3, -0.25) is 4.79 Å². The third-order valence-electron chi connectivity index (χ3n) is 3.69. The second-order valence-corrected chi connectivity index (χ2v) is 4.21. The van der Waals surface area contributed by atoms with Gasteiger partial charge in [0.15, 0.2) is 0 Å². The molecule has 0 aromatic carbocycles. The number of carbonyl (C=O) groups excluding carboxylic acids is 1. The van der Waals surface area contributed by atoms with Crippen LogP contribution in [0.2, 0.25) is 0 Å². The molecule has 60 valence electrons. The molecule has 11 heavy (non-hydrogen) atoms. The fourth-order valence-electron chi connectivity index (χ4n) is 3.37. The Morgan fingerprint density at radius 3 is 2.36 bits per heavy atom. The molecule has 2 unspecified atom stereocenters. The minimum Gasteiger partial charge on any atom is -0.462 e. The molecule has 4 fully saturated rings. The van der Waals surface area contributed by atoms with Gasteiger partial charge in [0.05, 0.1) is 0 Å². The lowest BCUT2D eigenvalue weighted by atomic mass is 10.1. The van der Waals surface area contributed by atoms with Crippen molar-refractivity contribution in [2.24, 2.45) is 23.7 Å². The molecule has 0 heterocycles. The smallest absolute Gasteiger partial charge is 0.302 e. The van der Waals surface area contributed by atoms with Crippen molar-refractivity contribution >= 4 is 5.97 Å². The first-order chi connectivity index (χ1) is 5.27. The van der Waals surface area contributed by atoms with Crippen LogP contribution in [0.5, 0.6) is 0 Å². The standard InChI is InChI=1S/C9H12O2/c1-4(10)11-9-5-2-6-7(3-5)8(6)9/h5-9H,2-3H2,1H3/t5?,6-,7+,8?,9-/m0/s1. The molecular weight excluding hydrogens is 140 g/mol. The molecule has 4 aliphatic rings. The Kier molecular flexibility index (Phi) is 0.890. The fraction of sp³-hybridized carbons (Fsp3) is 0.889. The molecule has 0 aromatic heterocycles.